The van der Waals surface area contributed by atoms with Crippen molar-refractivity contribution in [3.05, 3.63) is 0 Å². The lowest BCUT2D eigenvalue weighted by molar-refractivity contribution is -0.110. The molecule has 0 radical (unpaired) electrons. The van der Waals surface area contributed by atoms with Crippen LogP contribution in [0.1, 0.15) is 13.3 Å². The van der Waals surface area contributed by atoms with Gasteiger partial charge in [0, 0.05) is 15.8 Å². The van der Waals surface area contributed by atoms with Crippen LogP contribution in [0.2, 0.25) is 5.54 Å². The molecule has 1 unspecified atom stereocenters. The maximum atomic E-state index is 10.3. The van der Waals surface area contributed by atoms with Gasteiger partial charge in [0.15, 0.2) is 5.12 Å². The molecule has 7 heavy (non-hydrogen) atoms. The molecular formula is C4H10OSSi. The van der Waals surface area contributed by atoms with Crippen molar-refractivity contribution in [3.63, 3.8) is 0 Å². The van der Waals surface area contributed by atoms with Gasteiger partial charge >= 0.3 is 0 Å². The molecule has 0 aromatic carbocycles. The predicted molar refractivity (Wildman–Crippen MR) is 38.0 cm³/mol. The molecule has 0 aliphatic rings. The van der Waals surface area contributed by atoms with Crippen molar-refractivity contribution < 1.29 is 4.79 Å². The van der Waals surface area contributed by atoms with E-state index in [0.717, 1.165) is 16.7 Å². The zero-order valence-electron chi connectivity index (χ0n) is 4.64. The smallest absolute Gasteiger partial charge is 0.185 e. The molecule has 0 aromatic rings. The summed E-state index contributed by atoms with van der Waals surface area (Å²) in [4.78, 5) is 10.3. The Balaban J connectivity index is 3.34. The first-order chi connectivity index (χ1) is 3.18. The number of hydrogen-bond acceptors (Lipinski definition) is 1. The van der Waals surface area contributed by atoms with Gasteiger partial charge in [0.25, 0.3) is 0 Å². The molecule has 0 heterocycles. The first-order valence-electron chi connectivity index (χ1n) is 2.41. The average Bonchev–Trinajstić information content (AvgIpc) is 1.65. The van der Waals surface area contributed by atoms with Crippen molar-refractivity contribution in [3.8, 4) is 0 Å². The fraction of sp³-hybridized carbons (Fsp3) is 0.750. The number of hydrogen-bond donors (Lipinski definition) is 1. The van der Waals surface area contributed by atoms with E-state index in [9.17, 15) is 4.79 Å². The number of thiol groups is 1. The summed E-state index contributed by atoms with van der Waals surface area (Å²) in [5.74, 6) is 0. The van der Waals surface area contributed by atoms with Crippen LogP contribution in [-0.4, -0.2) is 15.4 Å². The van der Waals surface area contributed by atoms with E-state index in [1.54, 1.807) is 0 Å². The van der Waals surface area contributed by atoms with Crippen molar-refractivity contribution in [2.24, 2.45) is 0 Å². The van der Waals surface area contributed by atoms with E-state index in [4.69, 9.17) is 0 Å². The van der Waals surface area contributed by atoms with Gasteiger partial charge in [-0.2, -0.15) is 0 Å². The van der Waals surface area contributed by atoms with Gasteiger partial charge in [-0.1, -0.05) is 6.92 Å². The van der Waals surface area contributed by atoms with Crippen LogP contribution in [-0.2, 0) is 4.79 Å². The average molecular weight is 134 g/mol. The molecule has 0 aromatic heterocycles. The fourth-order valence-electron chi connectivity index (χ4n) is 0.175. The summed E-state index contributed by atoms with van der Waals surface area (Å²) in [7, 11) is 0.948. The minimum Gasteiger partial charge on any atom is -0.288 e. The summed E-state index contributed by atoms with van der Waals surface area (Å²) in [5, 5.41) is 0.0502. The summed E-state index contributed by atoms with van der Waals surface area (Å²) >= 11 is 3.67. The third-order valence-electron chi connectivity index (χ3n) is 1.03. The van der Waals surface area contributed by atoms with Gasteiger partial charge < -0.3 is 0 Å². The third kappa shape index (κ3) is 2.88. The van der Waals surface area contributed by atoms with E-state index in [2.05, 4.69) is 12.6 Å². The highest BCUT2D eigenvalue weighted by Gasteiger charge is 2.02. The topological polar surface area (TPSA) is 17.1 Å². The van der Waals surface area contributed by atoms with Gasteiger partial charge in [-0.3, -0.25) is 4.79 Å². The molecule has 1 nitrogen and oxygen atoms in total. The Bertz CT molecular complexity index is 74.1. The van der Waals surface area contributed by atoms with E-state index >= 15 is 0 Å². The molecule has 0 aliphatic heterocycles. The summed E-state index contributed by atoms with van der Waals surface area (Å²) in [5.41, 5.74) is 0.267. The largest absolute Gasteiger partial charge is 0.288 e. The fourth-order valence-corrected chi connectivity index (χ4v) is 0.357. The zero-order chi connectivity index (χ0) is 5.86. The van der Waals surface area contributed by atoms with Crippen LogP contribution in [0.25, 0.3) is 0 Å². The highest BCUT2D eigenvalue weighted by molar-refractivity contribution is 7.96. The predicted octanol–water partition coefficient (Wildman–Crippen LogP) is 0.00670. The molecule has 0 amide bonds. The van der Waals surface area contributed by atoms with Crippen LogP contribution in [0.3, 0.4) is 0 Å². The second kappa shape index (κ2) is 3.27. The van der Waals surface area contributed by atoms with E-state index in [1.165, 1.54) is 0 Å². The van der Waals surface area contributed by atoms with Crippen LogP contribution in [0.4, 0.5) is 0 Å². The summed E-state index contributed by atoms with van der Waals surface area (Å²) < 4.78 is 0. The molecule has 3 heteroatoms. The van der Waals surface area contributed by atoms with E-state index in [0.29, 0.717) is 0 Å². The number of carbonyl (C=O) groups is 1. The molecule has 0 spiro atoms. The Morgan fingerprint density at radius 1 is 2.00 bits per heavy atom. The van der Waals surface area contributed by atoms with Gasteiger partial charge in [0.1, 0.15) is 0 Å². The molecule has 1 atom stereocenters. The number of carbonyl (C=O) groups excluding carboxylic acids is 1. The molecule has 0 saturated heterocycles. The Kier molecular flexibility index (Phi) is 3.38. The lowest BCUT2D eigenvalue weighted by atomic mass is 10.4. The molecule has 42 valence electrons. The summed E-state index contributed by atoms with van der Waals surface area (Å²) in [6.45, 7) is 2.01. The Labute approximate surface area is 52.3 Å². The molecule has 0 saturated carbocycles. The van der Waals surface area contributed by atoms with Crippen LogP contribution in [0.15, 0.2) is 0 Å². The quantitative estimate of drug-likeness (QED) is 0.416. The first-order valence-corrected chi connectivity index (χ1v) is 4.01. The van der Waals surface area contributed by atoms with Gasteiger partial charge in [0.2, 0.25) is 0 Å². The van der Waals surface area contributed by atoms with Gasteiger partial charge in [-0.05, 0) is 6.42 Å². The summed E-state index contributed by atoms with van der Waals surface area (Å²) in [6, 6.07) is 0. The van der Waals surface area contributed by atoms with E-state index < -0.39 is 0 Å². The van der Waals surface area contributed by atoms with Crippen molar-refractivity contribution in [1.82, 2.24) is 0 Å². The van der Waals surface area contributed by atoms with Crippen molar-refractivity contribution in [2.45, 2.75) is 18.9 Å². The lowest BCUT2D eigenvalue weighted by Gasteiger charge is -1.97. The van der Waals surface area contributed by atoms with Crippen molar-refractivity contribution in [2.75, 3.05) is 0 Å². The van der Waals surface area contributed by atoms with E-state index in [-0.39, 0.29) is 10.7 Å². The Morgan fingerprint density at radius 3 is 2.43 bits per heavy atom. The maximum Gasteiger partial charge on any atom is 0.185 e. The second-order valence-electron chi connectivity index (χ2n) is 1.65. The van der Waals surface area contributed by atoms with Gasteiger partial charge in [0.05, 0.1) is 0 Å². The lowest BCUT2D eigenvalue weighted by Crippen LogP contribution is -1.98. The highest BCUT2D eigenvalue weighted by atomic mass is 32.1. The maximum absolute atomic E-state index is 10.3. The van der Waals surface area contributed by atoms with Crippen LogP contribution < -0.4 is 0 Å². The van der Waals surface area contributed by atoms with E-state index in [1.807, 2.05) is 6.92 Å². The molecule has 0 fully saturated rings. The SMILES string of the molecule is CCC([SiH3])C(=O)S. The minimum absolute atomic E-state index is 0.0502. The standard InChI is InChI=1S/C4H10OSSi/c1-2-3(7)4(5)6/h3H,2H2,1,7H3,(H,5,6). The van der Waals surface area contributed by atoms with Crippen molar-refractivity contribution >= 4 is 28.0 Å². The molecule has 0 N–H and O–H groups in total. The zero-order valence-corrected chi connectivity index (χ0v) is 7.53. The Morgan fingerprint density at radius 2 is 2.43 bits per heavy atom. The third-order valence-corrected chi connectivity index (χ3v) is 3.30. The minimum atomic E-state index is 0.0502. The normalized spacial score (nSPS) is 14.0. The first kappa shape index (κ1) is 7.24. The molecule has 0 aliphatic carbocycles. The monoisotopic (exact) mass is 134 g/mol. The molecular weight excluding hydrogens is 124 g/mol. The van der Waals surface area contributed by atoms with Gasteiger partial charge in [-0.15, -0.1) is 12.6 Å². The summed E-state index contributed by atoms with van der Waals surface area (Å²) in [6.07, 6.45) is 0.953. The van der Waals surface area contributed by atoms with Crippen LogP contribution in [0, 0.1) is 0 Å². The van der Waals surface area contributed by atoms with Gasteiger partial charge in [-0.25, -0.2) is 0 Å². The van der Waals surface area contributed by atoms with Crippen LogP contribution >= 0.6 is 12.6 Å². The second-order valence-corrected chi connectivity index (χ2v) is 3.48. The van der Waals surface area contributed by atoms with Crippen molar-refractivity contribution in [1.29, 1.82) is 0 Å². The molecule has 0 rings (SSSR count). The Hall–Kier alpha value is 0.237. The highest BCUT2D eigenvalue weighted by Crippen LogP contribution is 2.06. The molecule has 0 bridgehead atoms. The number of rotatable bonds is 2. The van der Waals surface area contributed by atoms with Crippen LogP contribution in [0.5, 0.6) is 0 Å².